The van der Waals surface area contributed by atoms with Crippen molar-refractivity contribution in [2.24, 2.45) is 16.5 Å². The Morgan fingerprint density at radius 3 is 2.77 bits per heavy atom. The summed E-state index contributed by atoms with van der Waals surface area (Å²) in [5.41, 5.74) is 13.1. The van der Waals surface area contributed by atoms with E-state index in [1.807, 2.05) is 6.92 Å². The number of nitrogens with zero attached hydrogens (tertiary/aromatic N) is 2. The van der Waals surface area contributed by atoms with E-state index in [4.69, 9.17) is 31.3 Å². The van der Waals surface area contributed by atoms with Crippen LogP contribution in [0.15, 0.2) is 47.1 Å². The first-order valence-electron chi connectivity index (χ1n) is 10.8. The normalized spacial score (nSPS) is 29.5. The quantitative estimate of drug-likeness (QED) is 0.628. The van der Waals surface area contributed by atoms with Crippen molar-refractivity contribution in [1.29, 1.82) is 5.41 Å². The summed E-state index contributed by atoms with van der Waals surface area (Å²) in [6.45, 7) is 4.67. The lowest BCUT2D eigenvalue weighted by Gasteiger charge is -2.42. The summed E-state index contributed by atoms with van der Waals surface area (Å²) in [4.78, 5) is 7.19. The van der Waals surface area contributed by atoms with Gasteiger partial charge in [0.1, 0.15) is 23.9 Å². The SMILES string of the molecule is CC1CN(C2COc3cc(F)ccc3C2N=C2C=CC=C(N)C2=N)CCO1.NC1CC1. The van der Waals surface area contributed by atoms with E-state index in [1.165, 1.54) is 25.0 Å². The monoisotopic (exact) mass is 427 g/mol. The molecule has 1 saturated heterocycles. The summed E-state index contributed by atoms with van der Waals surface area (Å²) in [6, 6.07) is 4.85. The molecular weight excluding hydrogens is 397 g/mol. The molecule has 0 radical (unpaired) electrons. The standard InChI is InChI=1S/C20H23FN4O2.C3H7N/c1-12-10-25(7-8-26-12)17-11-27-18-9-13(21)5-6-14(18)20(17)24-16-4-2-3-15(22)19(16)23;4-3-1-2-3/h2-6,9,12,17,20,23H,7-8,10-11,22H2,1H3;3H,1-2,4H2. The van der Waals surface area contributed by atoms with Crippen molar-refractivity contribution in [3.8, 4) is 5.75 Å². The van der Waals surface area contributed by atoms with Crippen molar-refractivity contribution >= 4 is 11.4 Å². The number of rotatable bonds is 2. The smallest absolute Gasteiger partial charge is 0.127 e. The first-order valence-corrected chi connectivity index (χ1v) is 10.8. The average Bonchev–Trinajstić information content (AvgIpc) is 3.54. The number of hydrogen-bond acceptors (Lipinski definition) is 7. The fraction of sp³-hybridized carbons (Fsp3) is 0.478. The molecule has 1 aromatic rings. The highest BCUT2D eigenvalue weighted by molar-refractivity contribution is 6.51. The second kappa shape index (κ2) is 9.30. The number of hydrogen-bond donors (Lipinski definition) is 3. The zero-order chi connectivity index (χ0) is 22.0. The van der Waals surface area contributed by atoms with E-state index in [0.29, 0.717) is 36.4 Å². The van der Waals surface area contributed by atoms with Crippen LogP contribution in [0.3, 0.4) is 0 Å². The van der Waals surface area contributed by atoms with Crippen molar-refractivity contribution in [3.63, 3.8) is 0 Å². The largest absolute Gasteiger partial charge is 0.491 e. The van der Waals surface area contributed by atoms with E-state index >= 15 is 0 Å². The zero-order valence-electron chi connectivity index (χ0n) is 17.8. The Morgan fingerprint density at radius 1 is 1.29 bits per heavy atom. The summed E-state index contributed by atoms with van der Waals surface area (Å²) in [7, 11) is 0. The average molecular weight is 428 g/mol. The molecule has 166 valence electrons. The van der Waals surface area contributed by atoms with E-state index in [2.05, 4.69) is 4.90 Å². The van der Waals surface area contributed by atoms with Gasteiger partial charge in [0.2, 0.25) is 0 Å². The zero-order valence-corrected chi connectivity index (χ0v) is 17.8. The Balaban J connectivity index is 0.000000520. The summed E-state index contributed by atoms with van der Waals surface area (Å²) in [5, 5.41) is 8.23. The van der Waals surface area contributed by atoms with Crippen molar-refractivity contribution < 1.29 is 13.9 Å². The van der Waals surface area contributed by atoms with Crippen LogP contribution in [0, 0.1) is 11.2 Å². The maximum Gasteiger partial charge on any atom is 0.127 e. The molecule has 2 fully saturated rings. The van der Waals surface area contributed by atoms with Gasteiger partial charge in [0.15, 0.2) is 0 Å². The lowest BCUT2D eigenvalue weighted by Crippen LogP contribution is -2.52. The van der Waals surface area contributed by atoms with Crippen LogP contribution in [0.1, 0.15) is 31.4 Å². The van der Waals surface area contributed by atoms with E-state index in [0.717, 1.165) is 18.7 Å². The van der Waals surface area contributed by atoms with E-state index < -0.39 is 0 Å². The van der Waals surface area contributed by atoms with Gasteiger partial charge in [-0.15, -0.1) is 0 Å². The van der Waals surface area contributed by atoms with Crippen LogP contribution in [-0.2, 0) is 4.74 Å². The minimum Gasteiger partial charge on any atom is -0.491 e. The molecule has 3 atom stereocenters. The third-order valence-electron chi connectivity index (χ3n) is 5.78. The third-order valence-corrected chi connectivity index (χ3v) is 5.78. The number of benzene rings is 1. The molecule has 2 heterocycles. The predicted octanol–water partition coefficient (Wildman–Crippen LogP) is 2.33. The first-order chi connectivity index (χ1) is 14.9. The predicted molar refractivity (Wildman–Crippen MR) is 119 cm³/mol. The topological polar surface area (TPSA) is 110 Å². The Hall–Kier alpha value is -2.55. The lowest BCUT2D eigenvalue weighted by molar-refractivity contribution is -0.0476. The Kier molecular flexibility index (Phi) is 6.50. The second-order valence-corrected chi connectivity index (χ2v) is 8.39. The van der Waals surface area contributed by atoms with Crippen LogP contribution in [0.25, 0.3) is 0 Å². The molecule has 1 saturated carbocycles. The van der Waals surface area contributed by atoms with Crippen molar-refractivity contribution in [1.82, 2.24) is 4.90 Å². The van der Waals surface area contributed by atoms with Gasteiger partial charge in [-0.3, -0.25) is 15.3 Å². The number of nitrogens with two attached hydrogens (primary N) is 2. The Labute approximate surface area is 182 Å². The lowest BCUT2D eigenvalue weighted by atomic mass is 9.94. The summed E-state index contributed by atoms with van der Waals surface area (Å²) in [5.74, 6) is 0.174. The Morgan fingerprint density at radius 2 is 2.06 bits per heavy atom. The van der Waals surface area contributed by atoms with Crippen LogP contribution in [-0.4, -0.2) is 60.8 Å². The van der Waals surface area contributed by atoms with Crippen molar-refractivity contribution in [3.05, 3.63) is 53.5 Å². The molecule has 0 aromatic heterocycles. The molecule has 0 spiro atoms. The number of ether oxygens (including phenoxy) is 2. The number of allylic oxidation sites excluding steroid dienone is 4. The highest BCUT2D eigenvalue weighted by atomic mass is 19.1. The van der Waals surface area contributed by atoms with Gasteiger partial charge >= 0.3 is 0 Å². The number of fused-ring (bicyclic) bond motifs is 1. The highest BCUT2D eigenvalue weighted by Gasteiger charge is 2.37. The Bertz CT molecular complexity index is 925. The molecule has 8 heteroatoms. The fourth-order valence-electron chi connectivity index (χ4n) is 3.87. The minimum atomic E-state index is -0.337. The van der Waals surface area contributed by atoms with Crippen LogP contribution >= 0.6 is 0 Å². The molecule has 5 N–H and O–H groups in total. The van der Waals surface area contributed by atoms with Gasteiger partial charge < -0.3 is 20.9 Å². The molecule has 4 aliphatic rings. The maximum atomic E-state index is 13.7. The molecule has 2 aliphatic heterocycles. The van der Waals surface area contributed by atoms with Crippen LogP contribution in [0.4, 0.5) is 4.39 Å². The van der Waals surface area contributed by atoms with Gasteiger partial charge in [0.05, 0.1) is 36.2 Å². The third kappa shape index (κ3) is 5.20. The molecule has 7 nitrogen and oxygen atoms in total. The van der Waals surface area contributed by atoms with E-state index in [-0.39, 0.29) is 29.7 Å². The molecule has 1 aromatic carbocycles. The van der Waals surface area contributed by atoms with Gasteiger partial charge in [0.25, 0.3) is 0 Å². The van der Waals surface area contributed by atoms with E-state index in [1.54, 1.807) is 24.3 Å². The maximum absolute atomic E-state index is 13.7. The van der Waals surface area contributed by atoms with Gasteiger partial charge in [-0.1, -0.05) is 12.1 Å². The molecule has 0 bridgehead atoms. The molecular formula is C23H30FN5O2. The number of morpholine rings is 1. The van der Waals surface area contributed by atoms with Gasteiger partial charge in [-0.25, -0.2) is 4.39 Å². The fourth-order valence-corrected chi connectivity index (χ4v) is 3.87. The molecule has 31 heavy (non-hydrogen) atoms. The number of aliphatic imine (C=N–C) groups is 1. The molecule has 3 unspecified atom stereocenters. The second-order valence-electron chi connectivity index (χ2n) is 8.39. The molecule has 5 rings (SSSR count). The summed E-state index contributed by atoms with van der Waals surface area (Å²) < 4.78 is 25.2. The van der Waals surface area contributed by atoms with Gasteiger partial charge in [0, 0.05) is 30.8 Å². The number of nitrogens with one attached hydrogen (secondary N) is 1. The number of halogens is 1. The molecule has 0 amide bonds. The summed E-state index contributed by atoms with van der Waals surface area (Å²) in [6.07, 6.45) is 7.93. The van der Waals surface area contributed by atoms with Gasteiger partial charge in [-0.05, 0) is 38.0 Å². The van der Waals surface area contributed by atoms with Crippen LogP contribution in [0.2, 0.25) is 0 Å². The van der Waals surface area contributed by atoms with Crippen LogP contribution in [0.5, 0.6) is 5.75 Å². The van der Waals surface area contributed by atoms with Gasteiger partial charge in [-0.2, -0.15) is 0 Å². The van der Waals surface area contributed by atoms with E-state index in [9.17, 15) is 4.39 Å². The summed E-state index contributed by atoms with van der Waals surface area (Å²) >= 11 is 0. The highest BCUT2D eigenvalue weighted by Crippen LogP contribution is 2.38. The van der Waals surface area contributed by atoms with Crippen LogP contribution < -0.4 is 16.2 Å². The first kappa shape index (κ1) is 21.7. The minimum absolute atomic E-state index is 0.0184. The van der Waals surface area contributed by atoms with Crippen molar-refractivity contribution in [2.75, 3.05) is 26.3 Å². The molecule has 2 aliphatic carbocycles. The van der Waals surface area contributed by atoms with Crippen molar-refractivity contribution in [2.45, 2.75) is 44.0 Å².